The topological polar surface area (TPSA) is 79.5 Å². The molecule has 0 spiro atoms. The third-order valence-corrected chi connectivity index (χ3v) is 6.55. The molecule has 1 heterocycles. The van der Waals surface area contributed by atoms with Gasteiger partial charge in [0.05, 0.1) is 5.56 Å². The summed E-state index contributed by atoms with van der Waals surface area (Å²) in [7, 11) is 0. The molecule has 1 atom stereocenters. The van der Waals surface area contributed by atoms with Gasteiger partial charge in [0.2, 0.25) is 0 Å². The van der Waals surface area contributed by atoms with Gasteiger partial charge in [-0.05, 0) is 54.9 Å². The number of hydrogen-bond acceptors (Lipinski definition) is 3. The second-order valence-corrected chi connectivity index (χ2v) is 8.32. The van der Waals surface area contributed by atoms with E-state index in [1.165, 1.54) is 25.7 Å². The van der Waals surface area contributed by atoms with Crippen molar-refractivity contribution < 1.29 is 19.1 Å². The van der Waals surface area contributed by atoms with Crippen LogP contribution in [0.2, 0.25) is 0 Å². The molecule has 3 aromatic rings. The van der Waals surface area contributed by atoms with Crippen molar-refractivity contribution in [3.8, 4) is 11.1 Å². The summed E-state index contributed by atoms with van der Waals surface area (Å²) in [6.45, 7) is 0. The molecule has 6 rings (SSSR count). The van der Waals surface area contributed by atoms with Gasteiger partial charge in [0.1, 0.15) is 5.58 Å². The average molecular weight is 426 g/mol. The lowest BCUT2D eigenvalue weighted by Gasteiger charge is -2.42. The summed E-state index contributed by atoms with van der Waals surface area (Å²) < 4.78 is 5.98. The van der Waals surface area contributed by atoms with Gasteiger partial charge < -0.3 is 14.8 Å². The van der Waals surface area contributed by atoms with E-state index in [1.807, 2.05) is 24.3 Å². The van der Waals surface area contributed by atoms with Crippen LogP contribution >= 0.6 is 12.4 Å². The van der Waals surface area contributed by atoms with Crippen molar-refractivity contribution in [2.24, 2.45) is 11.8 Å². The molecule has 2 bridgehead atoms. The smallest absolute Gasteiger partial charge is 0.335 e. The first-order valence-electron chi connectivity index (χ1n) is 10.3. The molecule has 0 radical (unpaired) electrons. The van der Waals surface area contributed by atoms with Gasteiger partial charge in [-0.1, -0.05) is 43.2 Å². The summed E-state index contributed by atoms with van der Waals surface area (Å²) in [5.41, 5.74) is 2.35. The summed E-state index contributed by atoms with van der Waals surface area (Å²) in [5, 5.41) is 13.3. The van der Waals surface area contributed by atoms with Gasteiger partial charge in [-0.25, -0.2) is 4.79 Å². The number of benzene rings is 2. The minimum Gasteiger partial charge on any atom is -0.478 e. The zero-order chi connectivity index (χ0) is 20.0. The Morgan fingerprint density at radius 2 is 1.77 bits per heavy atom. The highest BCUT2D eigenvalue weighted by Crippen LogP contribution is 2.41. The van der Waals surface area contributed by atoms with E-state index in [0.717, 1.165) is 28.9 Å². The summed E-state index contributed by atoms with van der Waals surface area (Å²) in [6, 6.07) is 14.4. The van der Waals surface area contributed by atoms with Crippen molar-refractivity contribution in [3.05, 3.63) is 59.9 Å². The molecule has 6 heteroatoms. The molecule has 156 valence electrons. The molecule has 3 saturated carbocycles. The largest absolute Gasteiger partial charge is 0.478 e. The zero-order valence-corrected chi connectivity index (χ0v) is 17.3. The number of aromatic carboxylic acids is 1. The number of fused-ring (bicyclic) bond motifs is 4. The predicted octanol–water partition coefficient (Wildman–Crippen LogP) is 5.53. The Morgan fingerprint density at radius 1 is 1.00 bits per heavy atom. The van der Waals surface area contributed by atoms with Crippen LogP contribution in [-0.2, 0) is 0 Å². The van der Waals surface area contributed by atoms with Crippen LogP contribution in [0, 0.1) is 11.8 Å². The number of furan rings is 1. The van der Waals surface area contributed by atoms with E-state index in [-0.39, 0.29) is 29.9 Å². The van der Waals surface area contributed by atoms with Crippen LogP contribution in [-0.4, -0.2) is 23.0 Å². The lowest BCUT2D eigenvalue weighted by Crippen LogP contribution is -2.47. The van der Waals surface area contributed by atoms with Crippen LogP contribution in [0.5, 0.6) is 0 Å². The maximum Gasteiger partial charge on any atom is 0.335 e. The first-order chi connectivity index (χ1) is 14.1. The minimum atomic E-state index is -0.972. The molecule has 2 N–H and O–H groups in total. The lowest BCUT2D eigenvalue weighted by molar-refractivity contribution is 0.0696. The summed E-state index contributed by atoms with van der Waals surface area (Å²) >= 11 is 0. The van der Waals surface area contributed by atoms with Crippen LogP contribution in [0.3, 0.4) is 0 Å². The number of carboxylic acids is 1. The highest BCUT2D eigenvalue weighted by atomic mass is 35.5. The maximum absolute atomic E-state index is 12.9. The molecule has 5 nitrogen and oxygen atoms in total. The Bertz CT molecular complexity index is 1100. The molecule has 3 aliphatic rings. The van der Waals surface area contributed by atoms with Crippen molar-refractivity contribution >= 4 is 35.3 Å². The molecule has 1 unspecified atom stereocenters. The normalized spacial score (nSPS) is 22.5. The molecule has 30 heavy (non-hydrogen) atoms. The van der Waals surface area contributed by atoms with Gasteiger partial charge >= 0.3 is 5.97 Å². The SMILES string of the molecule is Cl.O=C(O)c1cccc(-c2cccc3cc(C(=O)NC4CC5CCC4CC5)oc23)c1. The fraction of sp³-hybridized carbons (Fsp3) is 0.333. The van der Waals surface area contributed by atoms with Crippen LogP contribution in [0.1, 0.15) is 53.0 Å². The predicted molar refractivity (Wildman–Crippen MR) is 117 cm³/mol. The number of hydrogen-bond donors (Lipinski definition) is 2. The maximum atomic E-state index is 12.9. The number of rotatable bonds is 4. The van der Waals surface area contributed by atoms with E-state index < -0.39 is 5.97 Å². The summed E-state index contributed by atoms with van der Waals surface area (Å²) in [4.78, 5) is 24.2. The third kappa shape index (κ3) is 3.70. The molecule has 3 aliphatic carbocycles. The average Bonchev–Trinajstić information content (AvgIpc) is 3.19. The van der Waals surface area contributed by atoms with E-state index in [0.29, 0.717) is 17.3 Å². The summed E-state index contributed by atoms with van der Waals surface area (Å²) in [5.74, 6) is 0.504. The molecule has 3 fully saturated rings. The number of para-hydroxylation sites is 1. The van der Waals surface area contributed by atoms with Gasteiger partial charge in [-0.15, -0.1) is 12.4 Å². The van der Waals surface area contributed by atoms with E-state index >= 15 is 0 Å². The van der Waals surface area contributed by atoms with Gasteiger partial charge in [0.25, 0.3) is 5.91 Å². The fourth-order valence-electron chi connectivity index (χ4n) is 5.02. The lowest BCUT2D eigenvalue weighted by atomic mass is 9.68. The Morgan fingerprint density at radius 3 is 2.47 bits per heavy atom. The van der Waals surface area contributed by atoms with Gasteiger partial charge in [0, 0.05) is 17.0 Å². The third-order valence-electron chi connectivity index (χ3n) is 6.55. The van der Waals surface area contributed by atoms with Crippen LogP contribution < -0.4 is 5.32 Å². The number of carboxylic acid groups (broad SMARTS) is 1. The molecule has 2 aromatic carbocycles. The van der Waals surface area contributed by atoms with Gasteiger partial charge in [-0.3, -0.25) is 4.79 Å². The van der Waals surface area contributed by atoms with Crippen molar-refractivity contribution in [1.29, 1.82) is 0 Å². The molecule has 0 aliphatic heterocycles. The van der Waals surface area contributed by atoms with Crippen LogP contribution in [0.25, 0.3) is 22.1 Å². The quantitative estimate of drug-likeness (QED) is 0.576. The Hall–Kier alpha value is -2.79. The number of carbonyl (C=O) groups excluding carboxylic acids is 1. The summed E-state index contributed by atoms with van der Waals surface area (Å²) in [6.07, 6.45) is 6.07. The second kappa shape index (κ2) is 8.15. The number of carbonyl (C=O) groups is 2. The van der Waals surface area contributed by atoms with Crippen molar-refractivity contribution in [1.82, 2.24) is 5.32 Å². The molecule has 0 saturated heterocycles. The van der Waals surface area contributed by atoms with Crippen molar-refractivity contribution in [3.63, 3.8) is 0 Å². The number of nitrogens with one attached hydrogen (secondary N) is 1. The first-order valence-corrected chi connectivity index (χ1v) is 10.3. The Kier molecular flexibility index (Phi) is 5.56. The highest BCUT2D eigenvalue weighted by molar-refractivity contribution is 6.00. The van der Waals surface area contributed by atoms with E-state index in [1.54, 1.807) is 24.3 Å². The fourth-order valence-corrected chi connectivity index (χ4v) is 5.02. The van der Waals surface area contributed by atoms with E-state index in [9.17, 15) is 14.7 Å². The zero-order valence-electron chi connectivity index (χ0n) is 16.5. The molecule has 1 amide bonds. The van der Waals surface area contributed by atoms with Crippen LogP contribution in [0.15, 0.2) is 52.9 Å². The number of halogens is 1. The Balaban J connectivity index is 0.00000218. The van der Waals surface area contributed by atoms with Gasteiger partial charge in [0.15, 0.2) is 5.76 Å². The molecular weight excluding hydrogens is 402 g/mol. The standard InChI is InChI=1S/C24H23NO4.ClH/c26-23(25-20-11-14-7-9-15(20)10-8-14)21-13-17-4-2-6-19(22(17)29-21)16-3-1-5-18(12-16)24(27)28;/h1-6,12-15,20H,7-11H2,(H,25,26)(H,27,28);1H. The van der Waals surface area contributed by atoms with Crippen molar-refractivity contribution in [2.75, 3.05) is 0 Å². The monoisotopic (exact) mass is 425 g/mol. The number of amides is 1. The van der Waals surface area contributed by atoms with E-state index in [4.69, 9.17) is 4.42 Å². The van der Waals surface area contributed by atoms with Crippen LogP contribution in [0.4, 0.5) is 0 Å². The van der Waals surface area contributed by atoms with Gasteiger partial charge in [-0.2, -0.15) is 0 Å². The van der Waals surface area contributed by atoms with E-state index in [2.05, 4.69) is 5.32 Å². The Labute approximate surface area is 180 Å². The minimum absolute atomic E-state index is 0. The molecule has 1 aromatic heterocycles. The second-order valence-electron chi connectivity index (χ2n) is 8.32. The highest BCUT2D eigenvalue weighted by Gasteiger charge is 2.36. The first kappa shape index (κ1) is 20.5. The van der Waals surface area contributed by atoms with Crippen molar-refractivity contribution in [2.45, 2.75) is 38.1 Å². The molecular formula is C24H24ClNO4.